The summed E-state index contributed by atoms with van der Waals surface area (Å²) < 4.78 is 28.4. The summed E-state index contributed by atoms with van der Waals surface area (Å²) in [7, 11) is -4.17. The van der Waals surface area contributed by atoms with E-state index in [1.165, 1.54) is 23.1 Å². The van der Waals surface area contributed by atoms with Gasteiger partial charge in [-0.2, -0.15) is 0 Å². The number of nitrogens with zero attached hydrogens (tertiary/aromatic N) is 2. The van der Waals surface area contributed by atoms with E-state index in [0.717, 1.165) is 10.7 Å². The Bertz CT molecular complexity index is 1340. The van der Waals surface area contributed by atoms with Crippen molar-refractivity contribution in [1.29, 1.82) is 0 Å². The maximum absolute atomic E-state index is 13.8. The molecule has 0 fully saturated rings. The highest BCUT2D eigenvalue weighted by Crippen LogP contribution is 2.30. The molecule has 1 N–H and O–H groups in total. The summed E-state index contributed by atoms with van der Waals surface area (Å²) in [5, 5.41) is 3.46. The monoisotopic (exact) mass is 561 g/mol. The molecule has 10 heteroatoms. The molecule has 0 spiro atoms. The first-order chi connectivity index (χ1) is 17.6. The lowest BCUT2D eigenvalue weighted by atomic mass is 10.1. The molecular weight excluding hydrogens is 533 g/mol. The molecule has 7 nitrogen and oxygen atoms in total. The van der Waals surface area contributed by atoms with Gasteiger partial charge in [0.05, 0.1) is 15.6 Å². The number of carbonyl (C=O) groups is 2. The van der Waals surface area contributed by atoms with Gasteiger partial charge in [-0.3, -0.25) is 13.9 Å². The molecule has 0 aliphatic heterocycles. The fourth-order valence-electron chi connectivity index (χ4n) is 3.70. The number of para-hydroxylation sites is 1. The number of hydrogen-bond acceptors (Lipinski definition) is 4. The van der Waals surface area contributed by atoms with Gasteiger partial charge in [0, 0.05) is 18.1 Å². The highest BCUT2D eigenvalue weighted by Gasteiger charge is 2.33. The molecule has 0 aromatic heterocycles. The van der Waals surface area contributed by atoms with Crippen molar-refractivity contribution in [3.8, 4) is 0 Å². The Morgan fingerprint density at radius 3 is 2.27 bits per heavy atom. The Morgan fingerprint density at radius 1 is 0.946 bits per heavy atom. The van der Waals surface area contributed by atoms with Crippen molar-refractivity contribution in [2.75, 3.05) is 17.4 Å². The zero-order valence-corrected chi connectivity index (χ0v) is 22.9. The van der Waals surface area contributed by atoms with Crippen molar-refractivity contribution in [2.24, 2.45) is 0 Å². The maximum Gasteiger partial charge on any atom is 0.264 e. The van der Waals surface area contributed by atoms with Crippen molar-refractivity contribution >= 4 is 50.7 Å². The average Bonchev–Trinajstić information content (AvgIpc) is 2.89. The Kier molecular flexibility index (Phi) is 9.97. The van der Waals surface area contributed by atoms with E-state index in [1.54, 1.807) is 67.6 Å². The molecule has 1 unspecified atom stereocenters. The molecule has 0 saturated carbocycles. The minimum Gasteiger partial charge on any atom is -0.354 e. The number of benzene rings is 3. The summed E-state index contributed by atoms with van der Waals surface area (Å²) in [4.78, 5) is 28.0. The molecule has 196 valence electrons. The second kappa shape index (κ2) is 12.9. The van der Waals surface area contributed by atoms with Crippen molar-refractivity contribution < 1.29 is 18.0 Å². The SMILES string of the molecule is CCCNC(=O)C(C)N(Cc1cccc(Cl)c1)C(=O)CN(c1ccccc1Cl)S(=O)(=O)c1ccccc1. The highest BCUT2D eigenvalue weighted by molar-refractivity contribution is 7.92. The molecule has 3 aromatic rings. The predicted molar refractivity (Wildman–Crippen MR) is 147 cm³/mol. The first-order valence-corrected chi connectivity index (χ1v) is 14.0. The van der Waals surface area contributed by atoms with Crippen LogP contribution in [-0.4, -0.2) is 44.3 Å². The number of hydrogen-bond donors (Lipinski definition) is 1. The van der Waals surface area contributed by atoms with Gasteiger partial charge in [0.1, 0.15) is 12.6 Å². The number of amides is 2. The van der Waals surface area contributed by atoms with Gasteiger partial charge in [-0.15, -0.1) is 0 Å². The Labute approximate surface area is 228 Å². The molecule has 3 rings (SSSR count). The smallest absolute Gasteiger partial charge is 0.264 e. The lowest BCUT2D eigenvalue weighted by Gasteiger charge is -2.32. The van der Waals surface area contributed by atoms with Crippen LogP contribution in [0.1, 0.15) is 25.8 Å². The summed E-state index contributed by atoms with van der Waals surface area (Å²) >= 11 is 12.5. The second-order valence-electron chi connectivity index (χ2n) is 8.39. The largest absolute Gasteiger partial charge is 0.354 e. The van der Waals surface area contributed by atoms with Gasteiger partial charge in [0.25, 0.3) is 10.0 Å². The van der Waals surface area contributed by atoms with Crippen LogP contribution in [0.25, 0.3) is 0 Å². The number of anilines is 1. The lowest BCUT2D eigenvalue weighted by molar-refractivity contribution is -0.139. The van der Waals surface area contributed by atoms with Gasteiger partial charge in [0.15, 0.2) is 0 Å². The molecular formula is C27H29Cl2N3O4S. The van der Waals surface area contributed by atoms with Gasteiger partial charge in [-0.25, -0.2) is 8.42 Å². The first-order valence-electron chi connectivity index (χ1n) is 11.8. The second-order valence-corrected chi connectivity index (χ2v) is 11.1. The van der Waals surface area contributed by atoms with Crippen LogP contribution in [0.4, 0.5) is 5.69 Å². The van der Waals surface area contributed by atoms with Crippen LogP contribution in [0, 0.1) is 0 Å². The third-order valence-corrected chi connectivity index (χ3v) is 8.02. The number of nitrogens with one attached hydrogen (secondary N) is 1. The lowest BCUT2D eigenvalue weighted by Crippen LogP contribution is -2.51. The molecule has 0 heterocycles. The van der Waals surface area contributed by atoms with E-state index < -0.39 is 28.5 Å². The molecule has 2 amide bonds. The molecule has 0 bridgehead atoms. The Hall–Kier alpha value is -3.07. The van der Waals surface area contributed by atoms with E-state index in [2.05, 4.69) is 5.32 Å². The van der Waals surface area contributed by atoms with Crippen LogP contribution >= 0.6 is 23.2 Å². The number of carbonyl (C=O) groups excluding carboxylic acids is 2. The fourth-order valence-corrected chi connectivity index (χ4v) is 5.65. The molecule has 0 aliphatic carbocycles. The standard InChI is InChI=1S/C27H29Cl2N3O4S/c1-3-16-30-27(34)20(2)31(18-21-10-9-11-22(28)17-21)26(33)19-32(25-15-8-7-14-24(25)29)37(35,36)23-12-5-4-6-13-23/h4-15,17,20H,3,16,18-19H2,1-2H3,(H,30,34). The highest BCUT2D eigenvalue weighted by atomic mass is 35.5. The molecule has 1 atom stereocenters. The van der Waals surface area contributed by atoms with Gasteiger partial charge in [0.2, 0.25) is 11.8 Å². The topological polar surface area (TPSA) is 86.8 Å². The summed E-state index contributed by atoms with van der Waals surface area (Å²) in [6.45, 7) is 3.49. The van der Waals surface area contributed by atoms with Crippen LogP contribution in [-0.2, 0) is 26.2 Å². The van der Waals surface area contributed by atoms with Gasteiger partial charge >= 0.3 is 0 Å². The van der Waals surface area contributed by atoms with E-state index in [4.69, 9.17) is 23.2 Å². The minimum atomic E-state index is -4.17. The number of sulfonamides is 1. The maximum atomic E-state index is 13.8. The van der Waals surface area contributed by atoms with Crippen molar-refractivity contribution in [3.05, 3.63) is 94.5 Å². The molecule has 0 saturated heterocycles. The molecule has 37 heavy (non-hydrogen) atoms. The van der Waals surface area contributed by atoms with Crippen LogP contribution in [0.15, 0.2) is 83.8 Å². The summed E-state index contributed by atoms with van der Waals surface area (Å²) in [5.41, 5.74) is 0.860. The Balaban J connectivity index is 2.02. The minimum absolute atomic E-state index is 0.0119. The third kappa shape index (κ3) is 7.25. The van der Waals surface area contributed by atoms with E-state index in [-0.39, 0.29) is 28.1 Å². The van der Waals surface area contributed by atoms with Gasteiger partial charge in [-0.05, 0) is 55.3 Å². The number of halogens is 2. The van der Waals surface area contributed by atoms with Crippen molar-refractivity contribution in [2.45, 2.75) is 37.8 Å². The number of rotatable bonds is 11. The first kappa shape index (κ1) is 28.5. The third-order valence-electron chi connectivity index (χ3n) is 5.69. The quantitative estimate of drug-likeness (QED) is 0.351. The zero-order valence-electron chi connectivity index (χ0n) is 20.6. The summed E-state index contributed by atoms with van der Waals surface area (Å²) in [5.74, 6) is -0.911. The van der Waals surface area contributed by atoms with Crippen LogP contribution in [0.2, 0.25) is 10.0 Å². The predicted octanol–water partition coefficient (Wildman–Crippen LogP) is 5.13. The normalized spacial score (nSPS) is 12.0. The summed E-state index contributed by atoms with van der Waals surface area (Å²) in [6, 6.07) is 20.3. The summed E-state index contributed by atoms with van der Waals surface area (Å²) in [6.07, 6.45) is 0.732. The van der Waals surface area contributed by atoms with Crippen LogP contribution < -0.4 is 9.62 Å². The Morgan fingerprint density at radius 2 is 1.62 bits per heavy atom. The van der Waals surface area contributed by atoms with E-state index >= 15 is 0 Å². The molecule has 0 radical (unpaired) electrons. The van der Waals surface area contributed by atoms with E-state index in [1.807, 2.05) is 6.92 Å². The van der Waals surface area contributed by atoms with E-state index in [9.17, 15) is 18.0 Å². The van der Waals surface area contributed by atoms with Gasteiger partial charge < -0.3 is 10.2 Å². The van der Waals surface area contributed by atoms with Gasteiger partial charge in [-0.1, -0.05) is 72.6 Å². The van der Waals surface area contributed by atoms with Crippen LogP contribution in [0.3, 0.4) is 0 Å². The average molecular weight is 563 g/mol. The zero-order chi connectivity index (χ0) is 27.0. The molecule has 0 aliphatic rings. The van der Waals surface area contributed by atoms with Crippen LogP contribution in [0.5, 0.6) is 0 Å². The van der Waals surface area contributed by atoms with E-state index in [0.29, 0.717) is 17.1 Å². The van der Waals surface area contributed by atoms with Crippen molar-refractivity contribution in [3.63, 3.8) is 0 Å². The van der Waals surface area contributed by atoms with Crippen molar-refractivity contribution in [1.82, 2.24) is 10.2 Å². The molecule has 3 aromatic carbocycles. The fraction of sp³-hybridized carbons (Fsp3) is 0.259.